The summed E-state index contributed by atoms with van der Waals surface area (Å²) >= 11 is 5.14. The second-order valence-corrected chi connectivity index (χ2v) is 4.25. The molecule has 0 aliphatic rings. The first-order valence-corrected chi connectivity index (χ1v) is 5.87. The van der Waals surface area contributed by atoms with Crippen molar-refractivity contribution in [2.24, 2.45) is 5.73 Å². The van der Waals surface area contributed by atoms with Crippen LogP contribution in [0.15, 0.2) is 0 Å². The van der Waals surface area contributed by atoms with Gasteiger partial charge in [-0.3, -0.25) is 4.79 Å². The number of thiocarbonyl (C=S) groups is 1. The highest BCUT2D eigenvalue weighted by atomic mass is 32.1. The fourth-order valence-electron chi connectivity index (χ4n) is 1.31. The van der Waals surface area contributed by atoms with Crippen molar-refractivity contribution in [1.29, 1.82) is 0 Å². The molecule has 0 atom stereocenters. The first-order chi connectivity index (χ1) is 6.66. The van der Waals surface area contributed by atoms with E-state index < -0.39 is 0 Å². The lowest BCUT2D eigenvalue weighted by atomic mass is 10.1. The number of primary amides is 1. The minimum Gasteiger partial charge on any atom is -0.370 e. The molecule has 2 nitrogen and oxygen atoms in total. The average molecular weight is 215 g/mol. The van der Waals surface area contributed by atoms with E-state index in [0.717, 1.165) is 17.7 Å². The number of rotatable bonds is 9. The number of hydrogen-bond donors (Lipinski definition) is 1. The maximum absolute atomic E-state index is 10.5. The number of amides is 1. The number of hydrogen-bond acceptors (Lipinski definition) is 2. The van der Waals surface area contributed by atoms with Gasteiger partial charge >= 0.3 is 0 Å². The van der Waals surface area contributed by atoms with Crippen LogP contribution in [0.1, 0.15) is 58.3 Å². The van der Waals surface area contributed by atoms with Gasteiger partial charge in [-0.1, -0.05) is 44.8 Å². The summed E-state index contributed by atoms with van der Waals surface area (Å²) in [4.78, 5) is 11.5. The average Bonchev–Trinajstić information content (AvgIpc) is 2.14. The molecule has 1 amide bonds. The third-order valence-corrected chi connectivity index (χ3v) is 2.62. The van der Waals surface area contributed by atoms with E-state index in [9.17, 15) is 4.79 Å². The molecular weight excluding hydrogens is 194 g/mol. The molecule has 0 aromatic rings. The molecule has 0 radical (unpaired) electrons. The summed E-state index contributed by atoms with van der Waals surface area (Å²) in [6.45, 7) is 2.21. The molecule has 3 heteroatoms. The molecule has 0 unspecified atom stereocenters. The number of carbonyl (C=O) groups excluding carboxylic acids is 1. The van der Waals surface area contributed by atoms with Crippen LogP contribution in [0, 0.1) is 0 Å². The lowest BCUT2D eigenvalue weighted by molar-refractivity contribution is -0.117. The lowest BCUT2D eigenvalue weighted by Gasteiger charge is -2.02. The van der Waals surface area contributed by atoms with E-state index in [-0.39, 0.29) is 5.91 Å². The quantitative estimate of drug-likeness (QED) is 0.474. The molecule has 82 valence electrons. The highest BCUT2D eigenvalue weighted by Gasteiger charge is 2.00. The Morgan fingerprint density at radius 3 is 2.29 bits per heavy atom. The van der Waals surface area contributed by atoms with Crippen molar-refractivity contribution in [1.82, 2.24) is 0 Å². The molecule has 0 aromatic heterocycles. The maximum atomic E-state index is 10.5. The van der Waals surface area contributed by atoms with Gasteiger partial charge < -0.3 is 5.73 Å². The minimum absolute atomic E-state index is 0.252. The second-order valence-electron chi connectivity index (χ2n) is 3.67. The Balaban J connectivity index is 3.22. The Morgan fingerprint density at radius 1 is 1.07 bits per heavy atom. The van der Waals surface area contributed by atoms with Crippen molar-refractivity contribution in [2.45, 2.75) is 58.3 Å². The lowest BCUT2D eigenvalue weighted by Crippen LogP contribution is -2.11. The number of nitrogens with two attached hydrogens (primary N) is 1. The summed E-state index contributed by atoms with van der Waals surface area (Å²) in [5.74, 6) is -0.252. The van der Waals surface area contributed by atoms with Crippen molar-refractivity contribution >= 4 is 23.0 Å². The van der Waals surface area contributed by atoms with Crippen LogP contribution in [-0.2, 0) is 4.79 Å². The van der Waals surface area contributed by atoms with Crippen molar-refractivity contribution < 1.29 is 4.79 Å². The van der Waals surface area contributed by atoms with Crippen molar-refractivity contribution in [3.05, 3.63) is 0 Å². The van der Waals surface area contributed by atoms with E-state index in [2.05, 4.69) is 6.92 Å². The molecule has 0 aliphatic carbocycles. The van der Waals surface area contributed by atoms with Gasteiger partial charge in [0.2, 0.25) is 5.91 Å². The smallest absolute Gasteiger partial charge is 0.217 e. The normalized spacial score (nSPS) is 10.1. The van der Waals surface area contributed by atoms with Gasteiger partial charge in [0.05, 0.1) is 0 Å². The van der Waals surface area contributed by atoms with Gasteiger partial charge in [0.25, 0.3) is 0 Å². The predicted molar refractivity (Wildman–Crippen MR) is 64.4 cm³/mol. The van der Waals surface area contributed by atoms with Crippen LogP contribution in [0.3, 0.4) is 0 Å². The van der Waals surface area contributed by atoms with Gasteiger partial charge in [0.1, 0.15) is 0 Å². The molecule has 0 aliphatic heterocycles. The third kappa shape index (κ3) is 9.65. The molecule has 14 heavy (non-hydrogen) atoms. The second kappa shape index (κ2) is 9.13. The summed E-state index contributed by atoms with van der Waals surface area (Å²) in [5, 5.41) is 0. The predicted octanol–water partition coefficient (Wildman–Crippen LogP) is 2.98. The summed E-state index contributed by atoms with van der Waals surface area (Å²) in [7, 11) is 0. The Bertz CT molecular complexity index is 180. The summed E-state index contributed by atoms with van der Waals surface area (Å²) in [6.07, 6.45) is 8.38. The Labute approximate surface area is 92.2 Å². The zero-order valence-corrected chi connectivity index (χ0v) is 9.87. The molecule has 0 fully saturated rings. The van der Waals surface area contributed by atoms with E-state index in [0.29, 0.717) is 12.8 Å². The van der Waals surface area contributed by atoms with Crippen LogP contribution < -0.4 is 5.73 Å². The Morgan fingerprint density at radius 2 is 1.71 bits per heavy atom. The maximum Gasteiger partial charge on any atom is 0.217 e. The van der Waals surface area contributed by atoms with Gasteiger partial charge in [-0.05, 0) is 24.1 Å². The Hall–Kier alpha value is -0.440. The zero-order chi connectivity index (χ0) is 10.8. The van der Waals surface area contributed by atoms with Crippen molar-refractivity contribution in [3.63, 3.8) is 0 Å². The van der Waals surface area contributed by atoms with Crippen LogP contribution in [0.2, 0.25) is 0 Å². The highest BCUT2D eigenvalue weighted by Crippen LogP contribution is 2.08. The van der Waals surface area contributed by atoms with Crippen LogP contribution in [0.4, 0.5) is 0 Å². The van der Waals surface area contributed by atoms with Gasteiger partial charge in [-0.15, -0.1) is 0 Å². The fraction of sp³-hybridized carbons (Fsp3) is 0.818. The van der Waals surface area contributed by atoms with E-state index in [4.69, 9.17) is 18.0 Å². The monoisotopic (exact) mass is 215 g/mol. The van der Waals surface area contributed by atoms with Crippen molar-refractivity contribution in [3.8, 4) is 0 Å². The molecule has 0 saturated carbocycles. The van der Waals surface area contributed by atoms with E-state index >= 15 is 0 Å². The molecule has 0 aromatic carbocycles. The molecule has 2 N–H and O–H groups in total. The van der Waals surface area contributed by atoms with Gasteiger partial charge in [-0.2, -0.15) is 0 Å². The van der Waals surface area contributed by atoms with Gasteiger partial charge in [0, 0.05) is 6.42 Å². The SMILES string of the molecule is CCCCCCCC(=S)CCC(N)=O. The summed E-state index contributed by atoms with van der Waals surface area (Å²) in [6, 6.07) is 0. The first kappa shape index (κ1) is 13.6. The summed E-state index contributed by atoms with van der Waals surface area (Å²) < 4.78 is 0. The molecule has 0 saturated heterocycles. The van der Waals surface area contributed by atoms with Crippen LogP contribution in [-0.4, -0.2) is 10.8 Å². The standard InChI is InChI=1S/C11H21NOS/c1-2-3-4-5-6-7-10(14)8-9-11(12)13/h2-9H2,1H3,(H2,12,13). The summed E-state index contributed by atoms with van der Waals surface area (Å²) in [5.41, 5.74) is 5.04. The van der Waals surface area contributed by atoms with Gasteiger partial charge in [0.15, 0.2) is 0 Å². The van der Waals surface area contributed by atoms with Crippen LogP contribution >= 0.6 is 12.2 Å². The number of carbonyl (C=O) groups is 1. The first-order valence-electron chi connectivity index (χ1n) is 5.46. The van der Waals surface area contributed by atoms with Crippen LogP contribution in [0.25, 0.3) is 0 Å². The van der Waals surface area contributed by atoms with E-state index in [1.54, 1.807) is 0 Å². The van der Waals surface area contributed by atoms with Gasteiger partial charge in [-0.25, -0.2) is 0 Å². The molecule has 0 bridgehead atoms. The largest absolute Gasteiger partial charge is 0.370 e. The molecular formula is C11H21NOS. The van der Waals surface area contributed by atoms with Crippen LogP contribution in [0.5, 0.6) is 0 Å². The van der Waals surface area contributed by atoms with E-state index in [1.165, 1.54) is 25.7 Å². The topological polar surface area (TPSA) is 43.1 Å². The number of unbranched alkanes of at least 4 members (excludes halogenated alkanes) is 4. The molecule has 0 rings (SSSR count). The van der Waals surface area contributed by atoms with Crippen molar-refractivity contribution in [2.75, 3.05) is 0 Å². The zero-order valence-electron chi connectivity index (χ0n) is 9.05. The molecule has 0 heterocycles. The highest BCUT2D eigenvalue weighted by molar-refractivity contribution is 7.80. The third-order valence-electron chi connectivity index (χ3n) is 2.21. The fourth-order valence-corrected chi connectivity index (χ4v) is 1.56. The minimum atomic E-state index is -0.252. The van der Waals surface area contributed by atoms with E-state index in [1.807, 2.05) is 0 Å². The molecule has 0 spiro atoms. The Kier molecular flexibility index (Phi) is 8.84.